The number of nitro benzene ring substituents is 1. The highest BCUT2D eigenvalue weighted by Crippen LogP contribution is 2.34. The topological polar surface area (TPSA) is 89.0 Å². The summed E-state index contributed by atoms with van der Waals surface area (Å²) < 4.78 is 5.56. The van der Waals surface area contributed by atoms with Crippen LogP contribution in [0.15, 0.2) is 45.9 Å². The van der Waals surface area contributed by atoms with Crippen molar-refractivity contribution in [2.75, 3.05) is 0 Å². The maximum atomic E-state index is 11.9. The second-order valence-corrected chi connectivity index (χ2v) is 5.39. The predicted octanol–water partition coefficient (Wildman–Crippen LogP) is 3.19. The smallest absolute Gasteiger partial charge is 0.269 e. The van der Waals surface area contributed by atoms with Crippen LogP contribution in [0.2, 0.25) is 0 Å². The minimum atomic E-state index is -0.450. The number of carbonyl (C=O) groups is 1. The molecule has 0 radical (unpaired) electrons. The molecule has 23 heavy (non-hydrogen) atoms. The van der Waals surface area contributed by atoms with Gasteiger partial charge in [-0.05, 0) is 24.6 Å². The summed E-state index contributed by atoms with van der Waals surface area (Å²) in [5.74, 6) is 1.15. The van der Waals surface area contributed by atoms with E-state index >= 15 is 0 Å². The van der Waals surface area contributed by atoms with Crippen molar-refractivity contribution in [1.82, 2.24) is 5.01 Å². The first-order valence-electron chi connectivity index (χ1n) is 7.14. The Morgan fingerprint density at radius 3 is 2.78 bits per heavy atom. The molecule has 1 amide bonds. The Morgan fingerprint density at radius 1 is 1.39 bits per heavy atom. The molecule has 3 rings (SSSR count). The lowest BCUT2D eigenvalue weighted by Crippen LogP contribution is -2.24. The maximum absolute atomic E-state index is 11.9. The van der Waals surface area contributed by atoms with Crippen molar-refractivity contribution in [2.45, 2.75) is 26.3 Å². The van der Waals surface area contributed by atoms with Crippen molar-refractivity contribution in [3.63, 3.8) is 0 Å². The predicted molar refractivity (Wildman–Crippen MR) is 83.0 cm³/mol. The zero-order valence-corrected chi connectivity index (χ0v) is 12.7. The molecule has 1 aliphatic heterocycles. The number of hydrogen-bond donors (Lipinski definition) is 0. The van der Waals surface area contributed by atoms with Crippen molar-refractivity contribution in [1.29, 1.82) is 0 Å². The monoisotopic (exact) mass is 313 g/mol. The van der Waals surface area contributed by atoms with Gasteiger partial charge in [-0.3, -0.25) is 14.9 Å². The van der Waals surface area contributed by atoms with E-state index in [0.29, 0.717) is 23.5 Å². The third-order valence-corrected chi connectivity index (χ3v) is 3.72. The highest BCUT2D eigenvalue weighted by Gasteiger charge is 2.33. The van der Waals surface area contributed by atoms with Crippen LogP contribution in [-0.2, 0) is 4.79 Å². The highest BCUT2D eigenvalue weighted by molar-refractivity contribution is 6.01. The fraction of sp³-hybridized carbons (Fsp3) is 0.250. The molecule has 0 aliphatic carbocycles. The molecule has 1 aromatic heterocycles. The minimum absolute atomic E-state index is 0.00621. The Labute approximate surface area is 132 Å². The van der Waals surface area contributed by atoms with E-state index in [9.17, 15) is 14.9 Å². The van der Waals surface area contributed by atoms with Crippen molar-refractivity contribution < 1.29 is 14.1 Å². The van der Waals surface area contributed by atoms with Crippen LogP contribution in [0.4, 0.5) is 5.69 Å². The van der Waals surface area contributed by atoms with Gasteiger partial charge in [0.05, 0.1) is 11.0 Å². The minimum Gasteiger partial charge on any atom is -0.460 e. The van der Waals surface area contributed by atoms with Gasteiger partial charge in [0.1, 0.15) is 17.2 Å². The molecule has 0 saturated heterocycles. The molecule has 0 spiro atoms. The SMILES string of the molecule is CC(=O)N1N=C(c2ccc(C)o2)C[C@@H]1c1cccc([N+](=O)[O-])c1. The first kappa shape index (κ1) is 15.0. The van der Waals surface area contributed by atoms with Crippen LogP contribution in [0.3, 0.4) is 0 Å². The van der Waals surface area contributed by atoms with Crippen molar-refractivity contribution in [3.05, 3.63) is 63.6 Å². The lowest BCUT2D eigenvalue weighted by Gasteiger charge is -2.20. The lowest BCUT2D eigenvalue weighted by atomic mass is 10.0. The van der Waals surface area contributed by atoms with Gasteiger partial charge in [0.25, 0.3) is 5.69 Å². The molecule has 0 saturated carbocycles. The molecule has 0 fully saturated rings. The number of rotatable bonds is 3. The van der Waals surface area contributed by atoms with Gasteiger partial charge in [0.2, 0.25) is 5.91 Å². The van der Waals surface area contributed by atoms with Crippen molar-refractivity contribution >= 4 is 17.3 Å². The average Bonchev–Trinajstić information content (AvgIpc) is 3.13. The van der Waals surface area contributed by atoms with E-state index in [4.69, 9.17) is 4.42 Å². The van der Waals surface area contributed by atoms with E-state index in [1.807, 2.05) is 19.1 Å². The second-order valence-electron chi connectivity index (χ2n) is 5.39. The van der Waals surface area contributed by atoms with E-state index in [1.165, 1.54) is 24.1 Å². The van der Waals surface area contributed by atoms with Crippen LogP contribution in [-0.4, -0.2) is 21.6 Å². The van der Waals surface area contributed by atoms with Gasteiger partial charge in [-0.15, -0.1) is 0 Å². The molecule has 0 N–H and O–H groups in total. The number of nitrogens with zero attached hydrogens (tertiary/aromatic N) is 3. The molecule has 0 bridgehead atoms. The number of aryl methyl sites for hydroxylation is 1. The zero-order chi connectivity index (χ0) is 16.6. The van der Waals surface area contributed by atoms with E-state index in [2.05, 4.69) is 5.10 Å². The van der Waals surface area contributed by atoms with Crippen molar-refractivity contribution in [3.8, 4) is 0 Å². The van der Waals surface area contributed by atoms with Crippen molar-refractivity contribution in [2.24, 2.45) is 5.10 Å². The summed E-state index contributed by atoms with van der Waals surface area (Å²) >= 11 is 0. The first-order chi connectivity index (χ1) is 11.0. The Morgan fingerprint density at radius 2 is 2.17 bits per heavy atom. The van der Waals surface area contributed by atoms with E-state index in [0.717, 1.165) is 5.76 Å². The van der Waals surface area contributed by atoms with Crippen LogP contribution >= 0.6 is 0 Å². The van der Waals surface area contributed by atoms with Gasteiger partial charge in [0.15, 0.2) is 0 Å². The molecular formula is C16H15N3O4. The Kier molecular flexibility index (Phi) is 3.69. The molecule has 1 aromatic carbocycles. The van der Waals surface area contributed by atoms with Crippen LogP contribution < -0.4 is 0 Å². The third kappa shape index (κ3) is 2.85. The standard InChI is InChI=1S/C16H15N3O4/c1-10-6-7-16(23-10)14-9-15(18(17-14)11(2)20)12-4-3-5-13(8-12)19(21)22/h3-8,15H,9H2,1-2H3/t15-/m1/s1. The van der Waals surface area contributed by atoms with Crippen LogP contribution in [0, 0.1) is 17.0 Å². The second kappa shape index (κ2) is 5.68. The number of benzene rings is 1. The summed E-state index contributed by atoms with van der Waals surface area (Å²) in [5, 5.41) is 16.6. The molecular weight excluding hydrogens is 298 g/mol. The summed E-state index contributed by atoms with van der Waals surface area (Å²) in [7, 11) is 0. The molecule has 118 valence electrons. The molecule has 2 heterocycles. The Bertz CT molecular complexity index is 809. The van der Waals surface area contributed by atoms with E-state index in [1.54, 1.807) is 12.1 Å². The molecule has 7 nitrogen and oxygen atoms in total. The molecule has 7 heteroatoms. The van der Waals surface area contributed by atoms with Crippen LogP contribution in [0.25, 0.3) is 0 Å². The largest absolute Gasteiger partial charge is 0.460 e. The van der Waals surface area contributed by atoms with Gasteiger partial charge >= 0.3 is 0 Å². The number of amides is 1. The first-order valence-corrected chi connectivity index (χ1v) is 7.14. The maximum Gasteiger partial charge on any atom is 0.269 e. The van der Waals surface area contributed by atoms with E-state index in [-0.39, 0.29) is 17.6 Å². The van der Waals surface area contributed by atoms with Gasteiger partial charge < -0.3 is 4.42 Å². The highest BCUT2D eigenvalue weighted by atomic mass is 16.6. The average molecular weight is 313 g/mol. The summed E-state index contributed by atoms with van der Waals surface area (Å²) in [5.41, 5.74) is 1.33. The number of non-ortho nitro benzene ring substituents is 1. The Hall–Kier alpha value is -2.96. The number of carbonyl (C=O) groups excluding carboxylic acids is 1. The summed E-state index contributed by atoms with van der Waals surface area (Å²) in [6.07, 6.45) is 0.452. The fourth-order valence-corrected chi connectivity index (χ4v) is 2.64. The third-order valence-electron chi connectivity index (χ3n) is 3.72. The number of furan rings is 1. The quantitative estimate of drug-likeness (QED) is 0.643. The van der Waals surface area contributed by atoms with Gasteiger partial charge in [-0.1, -0.05) is 12.1 Å². The fourth-order valence-electron chi connectivity index (χ4n) is 2.64. The normalized spacial score (nSPS) is 17.2. The number of nitro groups is 1. The summed E-state index contributed by atoms with van der Waals surface area (Å²) in [4.78, 5) is 22.4. The number of hydrogen-bond acceptors (Lipinski definition) is 5. The lowest BCUT2D eigenvalue weighted by molar-refractivity contribution is -0.384. The molecule has 2 aromatic rings. The van der Waals surface area contributed by atoms with Gasteiger partial charge in [-0.2, -0.15) is 5.10 Å². The van der Waals surface area contributed by atoms with Crippen LogP contribution in [0.1, 0.15) is 36.5 Å². The van der Waals surface area contributed by atoms with Crippen LogP contribution in [0.5, 0.6) is 0 Å². The molecule has 1 aliphatic rings. The zero-order valence-electron chi connectivity index (χ0n) is 12.7. The van der Waals surface area contributed by atoms with Gasteiger partial charge in [-0.25, -0.2) is 5.01 Å². The number of hydrazone groups is 1. The summed E-state index contributed by atoms with van der Waals surface area (Å²) in [6.45, 7) is 3.25. The molecule has 0 unspecified atom stereocenters. The Balaban J connectivity index is 1.95. The summed E-state index contributed by atoms with van der Waals surface area (Å²) in [6, 6.07) is 9.55. The van der Waals surface area contributed by atoms with E-state index < -0.39 is 4.92 Å². The molecule has 1 atom stereocenters. The van der Waals surface area contributed by atoms with Gasteiger partial charge in [0, 0.05) is 25.5 Å².